The van der Waals surface area contributed by atoms with E-state index in [2.05, 4.69) is 73.1 Å². The summed E-state index contributed by atoms with van der Waals surface area (Å²) in [5.41, 5.74) is 6.31. The number of halogens is 1. The molecule has 4 rings (SSSR count). The third-order valence-corrected chi connectivity index (χ3v) is 6.62. The number of rotatable bonds is 3. The fraction of sp³-hybridized carbons (Fsp3) is 0.375. The Bertz CT molecular complexity index is 934. The van der Waals surface area contributed by atoms with Gasteiger partial charge in [-0.2, -0.15) is 0 Å². The zero-order valence-corrected chi connectivity index (χ0v) is 17.4. The van der Waals surface area contributed by atoms with E-state index in [9.17, 15) is 0 Å². The Kier molecular flexibility index (Phi) is 4.88. The summed E-state index contributed by atoms with van der Waals surface area (Å²) in [6, 6.07) is 13.7. The van der Waals surface area contributed by atoms with E-state index in [1.165, 1.54) is 58.7 Å². The van der Waals surface area contributed by atoms with E-state index in [-0.39, 0.29) is 0 Å². The van der Waals surface area contributed by atoms with Crippen LogP contribution in [0.3, 0.4) is 0 Å². The summed E-state index contributed by atoms with van der Waals surface area (Å²) < 4.78 is 1.08. The molecule has 0 N–H and O–H groups in total. The van der Waals surface area contributed by atoms with E-state index < -0.39 is 0 Å². The highest BCUT2D eigenvalue weighted by Gasteiger charge is 2.23. The summed E-state index contributed by atoms with van der Waals surface area (Å²) in [6.07, 6.45) is 7.51. The molecule has 1 aromatic heterocycles. The maximum absolute atomic E-state index is 4.76. The lowest BCUT2D eigenvalue weighted by atomic mass is 9.85. The minimum Gasteiger partial charge on any atom is -0.254 e. The molecule has 0 amide bonds. The number of hydrogen-bond acceptors (Lipinski definition) is 1. The van der Waals surface area contributed by atoms with Gasteiger partial charge in [0.05, 0.1) is 5.69 Å². The van der Waals surface area contributed by atoms with Gasteiger partial charge >= 0.3 is 0 Å². The van der Waals surface area contributed by atoms with Crippen LogP contribution in [0.15, 0.2) is 47.1 Å². The standard InChI is InChI=1S/C24H26BrN/c1-15-10-16(2)12-20(11-15)24-21-9-8-19(13-22(21)23(25)14-26-24)17(3)18-6-4-5-7-18/h8-14,17-18H,4-7H2,1-3H3. The Morgan fingerprint density at radius 1 is 0.962 bits per heavy atom. The molecular weight excluding hydrogens is 382 g/mol. The number of hydrogen-bond donors (Lipinski definition) is 0. The first kappa shape index (κ1) is 17.7. The Labute approximate surface area is 165 Å². The molecular formula is C24H26BrN. The Balaban J connectivity index is 1.82. The number of pyridine rings is 1. The lowest BCUT2D eigenvalue weighted by Crippen LogP contribution is -2.05. The molecule has 1 heterocycles. The van der Waals surface area contributed by atoms with E-state index in [1.807, 2.05) is 6.20 Å². The van der Waals surface area contributed by atoms with E-state index in [0.29, 0.717) is 5.92 Å². The van der Waals surface area contributed by atoms with Crippen molar-refractivity contribution in [1.82, 2.24) is 4.98 Å². The highest BCUT2D eigenvalue weighted by molar-refractivity contribution is 9.10. The molecule has 0 saturated heterocycles. The monoisotopic (exact) mass is 407 g/mol. The fourth-order valence-corrected chi connectivity index (χ4v) is 5.01. The van der Waals surface area contributed by atoms with Crippen molar-refractivity contribution in [3.05, 3.63) is 63.8 Å². The van der Waals surface area contributed by atoms with Gasteiger partial charge < -0.3 is 0 Å². The molecule has 1 fully saturated rings. The van der Waals surface area contributed by atoms with Crippen LogP contribution in [-0.4, -0.2) is 4.98 Å². The van der Waals surface area contributed by atoms with Gasteiger partial charge in [-0.1, -0.05) is 49.1 Å². The van der Waals surface area contributed by atoms with Gasteiger partial charge in [-0.05, 0) is 83.6 Å². The van der Waals surface area contributed by atoms with Crippen molar-refractivity contribution >= 4 is 26.7 Å². The van der Waals surface area contributed by atoms with Crippen molar-refractivity contribution in [3.8, 4) is 11.3 Å². The van der Waals surface area contributed by atoms with Gasteiger partial charge in [0.1, 0.15) is 0 Å². The molecule has 1 unspecified atom stereocenters. The summed E-state index contributed by atoms with van der Waals surface area (Å²) in [5.74, 6) is 1.47. The third kappa shape index (κ3) is 3.32. The Morgan fingerprint density at radius 3 is 2.35 bits per heavy atom. The van der Waals surface area contributed by atoms with Crippen molar-refractivity contribution in [3.63, 3.8) is 0 Å². The van der Waals surface area contributed by atoms with Crippen LogP contribution in [0.25, 0.3) is 22.0 Å². The maximum atomic E-state index is 4.76. The first-order valence-corrected chi connectivity index (χ1v) is 10.5. The van der Waals surface area contributed by atoms with Crippen molar-refractivity contribution in [2.24, 2.45) is 5.92 Å². The predicted molar refractivity (Wildman–Crippen MR) is 115 cm³/mol. The van der Waals surface area contributed by atoms with E-state index in [1.54, 1.807) is 0 Å². The van der Waals surface area contributed by atoms with Crippen molar-refractivity contribution < 1.29 is 0 Å². The number of nitrogens with zero attached hydrogens (tertiary/aromatic N) is 1. The molecule has 0 aliphatic heterocycles. The number of aryl methyl sites for hydroxylation is 2. The molecule has 0 radical (unpaired) electrons. The zero-order chi connectivity index (χ0) is 18.3. The van der Waals surface area contributed by atoms with Gasteiger partial charge in [0.15, 0.2) is 0 Å². The molecule has 1 atom stereocenters. The van der Waals surface area contributed by atoms with Gasteiger partial charge in [0, 0.05) is 21.6 Å². The van der Waals surface area contributed by atoms with Gasteiger partial charge in [0.25, 0.3) is 0 Å². The molecule has 0 bridgehead atoms. The van der Waals surface area contributed by atoms with Gasteiger partial charge in [-0.3, -0.25) is 4.98 Å². The van der Waals surface area contributed by atoms with Crippen LogP contribution >= 0.6 is 15.9 Å². The topological polar surface area (TPSA) is 12.9 Å². The number of aromatic nitrogens is 1. The van der Waals surface area contributed by atoms with Crippen LogP contribution < -0.4 is 0 Å². The maximum Gasteiger partial charge on any atom is 0.0781 e. The lowest BCUT2D eigenvalue weighted by molar-refractivity contribution is 0.461. The van der Waals surface area contributed by atoms with E-state index in [4.69, 9.17) is 4.98 Å². The summed E-state index contributed by atoms with van der Waals surface area (Å²) in [7, 11) is 0. The van der Waals surface area contributed by atoms with Crippen LogP contribution in [0.1, 0.15) is 55.2 Å². The average Bonchev–Trinajstić information content (AvgIpc) is 3.15. The minimum atomic E-state index is 0.631. The van der Waals surface area contributed by atoms with Crippen LogP contribution in [0, 0.1) is 19.8 Å². The quantitative estimate of drug-likeness (QED) is 0.435. The molecule has 134 valence electrons. The first-order chi connectivity index (χ1) is 12.5. The van der Waals surface area contributed by atoms with Crippen molar-refractivity contribution in [1.29, 1.82) is 0 Å². The summed E-state index contributed by atoms with van der Waals surface area (Å²) in [6.45, 7) is 6.70. The molecule has 0 spiro atoms. The summed E-state index contributed by atoms with van der Waals surface area (Å²) in [5, 5.41) is 2.50. The Morgan fingerprint density at radius 2 is 1.65 bits per heavy atom. The molecule has 2 heteroatoms. The molecule has 1 nitrogen and oxygen atoms in total. The molecule has 26 heavy (non-hydrogen) atoms. The molecule has 2 aromatic carbocycles. The largest absolute Gasteiger partial charge is 0.254 e. The highest BCUT2D eigenvalue weighted by Crippen LogP contribution is 2.39. The number of benzene rings is 2. The van der Waals surface area contributed by atoms with Crippen LogP contribution in [0.4, 0.5) is 0 Å². The smallest absolute Gasteiger partial charge is 0.0781 e. The average molecular weight is 408 g/mol. The van der Waals surface area contributed by atoms with Crippen molar-refractivity contribution in [2.45, 2.75) is 52.4 Å². The second-order valence-electron chi connectivity index (χ2n) is 7.97. The van der Waals surface area contributed by atoms with Crippen LogP contribution in [-0.2, 0) is 0 Å². The minimum absolute atomic E-state index is 0.631. The lowest BCUT2D eigenvalue weighted by Gasteiger charge is -2.20. The normalized spacial score (nSPS) is 16.3. The number of fused-ring (bicyclic) bond motifs is 1. The molecule has 1 saturated carbocycles. The SMILES string of the molecule is Cc1cc(C)cc(-c2ncc(Br)c3cc(C(C)C4CCCC4)ccc23)c1. The Hall–Kier alpha value is -1.67. The van der Waals surface area contributed by atoms with Crippen LogP contribution in [0.2, 0.25) is 0 Å². The van der Waals surface area contributed by atoms with E-state index >= 15 is 0 Å². The molecule has 3 aromatic rings. The fourth-order valence-electron chi connectivity index (χ4n) is 4.58. The second-order valence-corrected chi connectivity index (χ2v) is 8.82. The van der Waals surface area contributed by atoms with Crippen LogP contribution in [0.5, 0.6) is 0 Å². The first-order valence-electron chi connectivity index (χ1n) is 9.70. The summed E-state index contributed by atoms with van der Waals surface area (Å²) >= 11 is 3.74. The van der Waals surface area contributed by atoms with Gasteiger partial charge in [-0.15, -0.1) is 0 Å². The molecule has 1 aliphatic rings. The predicted octanol–water partition coefficient (Wildman–Crippen LogP) is 7.57. The second kappa shape index (κ2) is 7.15. The summed E-state index contributed by atoms with van der Waals surface area (Å²) in [4.78, 5) is 4.76. The van der Waals surface area contributed by atoms with Crippen molar-refractivity contribution in [2.75, 3.05) is 0 Å². The third-order valence-electron chi connectivity index (χ3n) is 5.99. The van der Waals surface area contributed by atoms with E-state index in [0.717, 1.165) is 16.1 Å². The zero-order valence-electron chi connectivity index (χ0n) is 15.8. The highest BCUT2D eigenvalue weighted by atomic mass is 79.9. The van der Waals surface area contributed by atoms with Gasteiger partial charge in [0.2, 0.25) is 0 Å². The van der Waals surface area contributed by atoms with Gasteiger partial charge in [-0.25, -0.2) is 0 Å². The molecule has 1 aliphatic carbocycles.